The van der Waals surface area contributed by atoms with Gasteiger partial charge in [-0.2, -0.15) is 0 Å². The lowest BCUT2D eigenvalue weighted by Crippen LogP contribution is -2.40. The Bertz CT molecular complexity index is 2470. The summed E-state index contributed by atoms with van der Waals surface area (Å²) in [5, 5.41) is 2.60. The maximum atomic E-state index is 2.57. The van der Waals surface area contributed by atoms with Crippen molar-refractivity contribution in [3.05, 3.63) is 239 Å². The predicted molar refractivity (Wildman–Crippen MR) is 210 cm³/mol. The summed E-state index contributed by atoms with van der Waals surface area (Å²) in [5.74, 6) is 0.230. The molecule has 7 aromatic carbocycles. The standard InChI is InChI=1S/C50H36/c1-7-19-35(20-8-1)41-31-45-46-32-42(36-21-9-2-10-22-36)44(38-25-13-4-14-26-38)34-48(46)50(40-29-17-6-18-30-40)49(39-27-15-5-16-28-39)47(45)33-43(41)37-23-11-3-12-24-37/h1-34,47,49H. The van der Waals surface area contributed by atoms with Gasteiger partial charge in [0, 0.05) is 11.8 Å². The molecule has 0 aliphatic heterocycles. The van der Waals surface area contributed by atoms with Crippen LogP contribution in [0, 0.1) is 5.92 Å². The van der Waals surface area contributed by atoms with Gasteiger partial charge in [0.25, 0.3) is 0 Å². The van der Waals surface area contributed by atoms with Gasteiger partial charge in [0.1, 0.15) is 0 Å². The summed E-state index contributed by atoms with van der Waals surface area (Å²) in [6.45, 7) is 0. The number of benzene rings is 7. The van der Waals surface area contributed by atoms with Crippen LogP contribution in [0.1, 0.15) is 28.2 Å². The lowest BCUT2D eigenvalue weighted by molar-refractivity contribution is 0.727. The fourth-order valence-corrected chi connectivity index (χ4v) is 8.06. The first-order chi connectivity index (χ1) is 24.8. The van der Waals surface area contributed by atoms with Gasteiger partial charge in [0.05, 0.1) is 0 Å². The van der Waals surface area contributed by atoms with Crippen LogP contribution < -0.4 is 10.4 Å². The molecule has 0 amide bonds. The van der Waals surface area contributed by atoms with Gasteiger partial charge in [-0.05, 0) is 95.4 Å². The molecule has 0 spiro atoms. The van der Waals surface area contributed by atoms with Crippen molar-refractivity contribution in [2.75, 3.05) is 0 Å². The summed E-state index contributed by atoms with van der Waals surface area (Å²) in [6.07, 6.45) is 5.08. The Labute approximate surface area is 294 Å². The molecule has 2 atom stereocenters. The fraction of sp³-hybridized carbons (Fsp3) is 0.0400. The minimum absolute atomic E-state index is 0.111. The van der Waals surface area contributed by atoms with Gasteiger partial charge in [-0.3, -0.25) is 0 Å². The number of hydrogen-bond acceptors (Lipinski definition) is 0. The van der Waals surface area contributed by atoms with Crippen molar-refractivity contribution >= 4 is 22.3 Å². The van der Waals surface area contributed by atoms with Gasteiger partial charge < -0.3 is 0 Å². The van der Waals surface area contributed by atoms with Crippen LogP contribution in [0.15, 0.2) is 206 Å². The number of rotatable bonds is 6. The quantitative estimate of drug-likeness (QED) is 0.170. The molecule has 0 heterocycles. The molecule has 0 saturated heterocycles. The first-order valence-electron chi connectivity index (χ1n) is 17.5. The lowest BCUT2D eigenvalue weighted by Gasteiger charge is -2.37. The third-order valence-corrected chi connectivity index (χ3v) is 10.3. The average molecular weight is 637 g/mol. The van der Waals surface area contributed by atoms with E-state index in [1.54, 1.807) is 0 Å². The van der Waals surface area contributed by atoms with Crippen molar-refractivity contribution in [3.63, 3.8) is 0 Å². The van der Waals surface area contributed by atoms with E-state index in [0.29, 0.717) is 0 Å². The van der Waals surface area contributed by atoms with Crippen LogP contribution in [0.2, 0.25) is 0 Å². The van der Waals surface area contributed by atoms with Gasteiger partial charge in [-0.15, -0.1) is 0 Å². The van der Waals surface area contributed by atoms with Gasteiger partial charge in [0.2, 0.25) is 0 Å². The van der Waals surface area contributed by atoms with E-state index in [1.807, 2.05) is 0 Å². The van der Waals surface area contributed by atoms with Crippen molar-refractivity contribution in [3.8, 4) is 22.3 Å². The molecule has 0 nitrogen and oxygen atoms in total. The highest BCUT2D eigenvalue weighted by atomic mass is 14.4. The van der Waals surface area contributed by atoms with Crippen molar-refractivity contribution in [1.29, 1.82) is 0 Å². The molecule has 236 valence electrons. The molecule has 0 saturated carbocycles. The molecule has 0 fully saturated rings. The zero-order chi connectivity index (χ0) is 33.3. The smallest absolute Gasteiger partial charge is 0.0205 e. The summed E-state index contributed by atoms with van der Waals surface area (Å²) in [6, 6.07) is 70.8. The molecule has 2 unspecified atom stereocenters. The third kappa shape index (κ3) is 5.36. The van der Waals surface area contributed by atoms with Crippen LogP contribution in [-0.4, -0.2) is 0 Å². The third-order valence-electron chi connectivity index (χ3n) is 10.3. The maximum absolute atomic E-state index is 2.57. The molecule has 0 radical (unpaired) electrons. The van der Waals surface area contributed by atoms with Crippen molar-refractivity contribution in [2.24, 2.45) is 5.92 Å². The fourth-order valence-electron chi connectivity index (χ4n) is 8.06. The highest BCUT2D eigenvalue weighted by Gasteiger charge is 2.36. The van der Waals surface area contributed by atoms with Crippen LogP contribution >= 0.6 is 0 Å². The summed E-state index contributed by atoms with van der Waals surface area (Å²) in [4.78, 5) is 0. The number of hydrogen-bond donors (Lipinski definition) is 0. The van der Waals surface area contributed by atoms with E-state index in [1.165, 1.54) is 77.2 Å². The van der Waals surface area contributed by atoms with Gasteiger partial charge in [0.15, 0.2) is 0 Å². The van der Waals surface area contributed by atoms with Crippen LogP contribution in [0.4, 0.5) is 0 Å². The van der Waals surface area contributed by atoms with E-state index in [4.69, 9.17) is 0 Å². The van der Waals surface area contributed by atoms with E-state index in [-0.39, 0.29) is 11.8 Å². The Morgan fingerprint density at radius 2 is 0.740 bits per heavy atom. The first kappa shape index (κ1) is 29.9. The average Bonchev–Trinajstić information content (AvgIpc) is 3.21. The first-order valence-corrected chi connectivity index (χ1v) is 17.5. The van der Waals surface area contributed by atoms with Crippen LogP contribution in [0.5, 0.6) is 0 Å². The molecular weight excluding hydrogens is 601 g/mol. The van der Waals surface area contributed by atoms with Crippen molar-refractivity contribution in [1.82, 2.24) is 0 Å². The Morgan fingerprint density at radius 1 is 0.340 bits per heavy atom. The summed E-state index contributed by atoms with van der Waals surface area (Å²) in [5.41, 5.74) is 15.3. The molecule has 0 aromatic heterocycles. The predicted octanol–water partition coefficient (Wildman–Crippen LogP) is 11.0. The lowest BCUT2D eigenvalue weighted by atomic mass is 9.66. The molecule has 2 aliphatic rings. The molecule has 50 heavy (non-hydrogen) atoms. The molecule has 0 bridgehead atoms. The second-order valence-electron chi connectivity index (χ2n) is 13.2. The second-order valence-corrected chi connectivity index (χ2v) is 13.2. The van der Waals surface area contributed by atoms with Crippen LogP contribution in [-0.2, 0) is 0 Å². The Morgan fingerprint density at radius 3 is 1.24 bits per heavy atom. The number of allylic oxidation sites excluding steroid dienone is 4. The molecule has 2 aliphatic carbocycles. The van der Waals surface area contributed by atoms with E-state index in [2.05, 4.69) is 206 Å². The van der Waals surface area contributed by atoms with Gasteiger partial charge in [-0.25, -0.2) is 0 Å². The topological polar surface area (TPSA) is 0 Å². The monoisotopic (exact) mass is 636 g/mol. The largest absolute Gasteiger partial charge is 0.0675 e. The Hall–Kier alpha value is -6.24. The molecule has 0 heteroatoms. The second kappa shape index (κ2) is 13.0. The Kier molecular flexibility index (Phi) is 7.76. The van der Waals surface area contributed by atoms with Crippen LogP contribution in [0.25, 0.3) is 44.5 Å². The molecular formula is C50H36. The highest BCUT2D eigenvalue weighted by molar-refractivity contribution is 6.10. The van der Waals surface area contributed by atoms with Crippen molar-refractivity contribution < 1.29 is 0 Å². The molecule has 7 aromatic rings. The molecule has 9 rings (SSSR count). The van der Waals surface area contributed by atoms with Crippen molar-refractivity contribution in [2.45, 2.75) is 5.92 Å². The zero-order valence-electron chi connectivity index (χ0n) is 27.8. The number of fused-ring (bicyclic) bond motifs is 2. The maximum Gasteiger partial charge on any atom is 0.0205 e. The zero-order valence-corrected chi connectivity index (χ0v) is 27.8. The highest BCUT2D eigenvalue weighted by Crippen LogP contribution is 2.49. The van der Waals surface area contributed by atoms with Gasteiger partial charge in [-0.1, -0.05) is 188 Å². The minimum Gasteiger partial charge on any atom is -0.0675 e. The summed E-state index contributed by atoms with van der Waals surface area (Å²) >= 11 is 0. The summed E-state index contributed by atoms with van der Waals surface area (Å²) in [7, 11) is 0. The van der Waals surface area contributed by atoms with E-state index in [0.717, 1.165) is 0 Å². The SMILES string of the molecule is C1=C(c2ccccc2)C(c2ccccc2)=CC2C1=c1cc(-c3ccccc3)c(-c3ccccc3)cc1=C(c1ccccc1)C2c1ccccc1. The van der Waals surface area contributed by atoms with E-state index in [9.17, 15) is 0 Å². The minimum atomic E-state index is 0.111. The van der Waals surface area contributed by atoms with Crippen LogP contribution in [0.3, 0.4) is 0 Å². The van der Waals surface area contributed by atoms with E-state index >= 15 is 0 Å². The summed E-state index contributed by atoms with van der Waals surface area (Å²) < 4.78 is 0. The van der Waals surface area contributed by atoms with E-state index < -0.39 is 0 Å². The Balaban J connectivity index is 1.47. The normalized spacial score (nSPS) is 16.6. The van der Waals surface area contributed by atoms with Gasteiger partial charge >= 0.3 is 0 Å². The molecule has 0 N–H and O–H groups in total.